The summed E-state index contributed by atoms with van der Waals surface area (Å²) in [5, 5.41) is 4.19. The third-order valence-electron chi connectivity index (χ3n) is 8.14. The molecule has 4 heterocycles. The maximum Gasteiger partial charge on any atom is 0.255 e. The van der Waals surface area contributed by atoms with E-state index in [1.54, 1.807) is 43.3 Å². The van der Waals surface area contributed by atoms with E-state index in [2.05, 4.69) is 5.32 Å². The number of furan rings is 1. The van der Waals surface area contributed by atoms with Crippen LogP contribution in [0.1, 0.15) is 15.9 Å². The first kappa shape index (κ1) is 28.5. The molecule has 0 bridgehead atoms. The molecule has 0 aliphatic heterocycles. The van der Waals surface area contributed by atoms with E-state index in [1.807, 2.05) is 28.8 Å². The number of carbonyl (C=O) groups is 1. The van der Waals surface area contributed by atoms with E-state index in [9.17, 15) is 17.6 Å². The zero-order chi connectivity index (χ0) is 31.8. The number of nitrogens with zero attached hydrogens (tertiary/aromatic N) is 3. The van der Waals surface area contributed by atoms with Gasteiger partial charge in [0.2, 0.25) is 10.0 Å². The number of hydrogen-bond acceptors (Lipinski definition) is 5. The van der Waals surface area contributed by atoms with Crippen molar-refractivity contribution in [1.29, 1.82) is 0 Å². The summed E-state index contributed by atoms with van der Waals surface area (Å²) in [6.45, 7) is 1.75. The van der Waals surface area contributed by atoms with E-state index >= 15 is 4.39 Å². The molecule has 1 N–H and O–H groups in total. The van der Waals surface area contributed by atoms with Crippen molar-refractivity contribution >= 4 is 59.9 Å². The molecule has 0 atom stereocenters. The number of aromatic nitrogens is 2. The molecule has 0 spiro atoms. The van der Waals surface area contributed by atoms with Crippen LogP contribution >= 0.6 is 0 Å². The van der Waals surface area contributed by atoms with Gasteiger partial charge in [0.1, 0.15) is 17.2 Å². The van der Waals surface area contributed by atoms with Crippen LogP contribution in [-0.2, 0) is 10.0 Å². The Kier molecular flexibility index (Phi) is 6.41. The van der Waals surface area contributed by atoms with E-state index in [0.29, 0.717) is 44.1 Å². The number of rotatable bonds is 5. The average Bonchev–Trinajstić information content (AvgIpc) is 3.58. The second-order valence-corrected chi connectivity index (χ2v) is 13.0. The van der Waals surface area contributed by atoms with E-state index in [0.717, 1.165) is 15.9 Å². The number of pyridine rings is 2. The predicted octanol–water partition coefficient (Wildman–Crippen LogP) is 7.06. The minimum absolute atomic E-state index is 0.0158. The van der Waals surface area contributed by atoms with Crippen LogP contribution in [0, 0.1) is 18.6 Å². The number of anilines is 1. The minimum Gasteiger partial charge on any atom is -0.455 e. The zero-order valence-electron chi connectivity index (χ0n) is 24.6. The van der Waals surface area contributed by atoms with Crippen LogP contribution in [0.2, 0.25) is 0 Å². The first-order chi connectivity index (χ1) is 21.5. The highest BCUT2D eigenvalue weighted by molar-refractivity contribution is 7.92. The number of nitrogens with one attached hydrogen (secondary N) is 1. The Hall–Kier alpha value is -5.29. The Bertz CT molecular complexity index is 2480. The van der Waals surface area contributed by atoms with Crippen molar-refractivity contribution < 1.29 is 26.4 Å². The quantitative estimate of drug-likeness (QED) is 0.221. The topological polar surface area (TPSA) is 96.9 Å². The first-order valence-electron chi connectivity index (χ1n) is 14.0. The number of carbonyl (C=O) groups excluding carboxylic acids is 1. The zero-order valence-corrected chi connectivity index (χ0v) is 25.5. The van der Waals surface area contributed by atoms with E-state index in [1.165, 1.54) is 32.3 Å². The maximum atomic E-state index is 15.2. The number of halogens is 2. The number of aryl methyl sites for hydroxylation is 1. The number of fused-ring (bicyclic) bond motifs is 6. The lowest BCUT2D eigenvalue weighted by Gasteiger charge is -2.20. The summed E-state index contributed by atoms with van der Waals surface area (Å²) in [6, 6.07) is 19.8. The summed E-state index contributed by atoms with van der Waals surface area (Å²) in [5.74, 6) is -1.41. The molecule has 226 valence electrons. The van der Waals surface area contributed by atoms with Crippen molar-refractivity contribution in [1.82, 2.24) is 14.7 Å². The van der Waals surface area contributed by atoms with E-state index < -0.39 is 21.7 Å². The molecule has 0 unspecified atom stereocenters. The van der Waals surface area contributed by atoms with Gasteiger partial charge in [-0.3, -0.25) is 9.10 Å². The van der Waals surface area contributed by atoms with Crippen LogP contribution in [-0.4, -0.2) is 44.1 Å². The number of benzene rings is 3. The molecule has 0 aliphatic rings. The Balaban J connectivity index is 1.55. The van der Waals surface area contributed by atoms with Crippen molar-refractivity contribution in [3.8, 4) is 22.6 Å². The van der Waals surface area contributed by atoms with Gasteiger partial charge in [-0.2, -0.15) is 0 Å². The Morgan fingerprint density at radius 2 is 1.73 bits per heavy atom. The molecule has 0 aliphatic carbocycles. The number of hydrogen-bond donors (Lipinski definition) is 1. The molecular formula is C34H26F2N4O4S. The van der Waals surface area contributed by atoms with Crippen LogP contribution in [0.5, 0.6) is 0 Å². The highest BCUT2D eigenvalue weighted by Crippen LogP contribution is 2.42. The summed E-state index contributed by atoms with van der Waals surface area (Å²) in [7, 11) is -0.894. The van der Waals surface area contributed by atoms with Gasteiger partial charge in [0, 0.05) is 48.1 Å². The van der Waals surface area contributed by atoms with Gasteiger partial charge in [0.15, 0.2) is 5.76 Å². The summed E-state index contributed by atoms with van der Waals surface area (Å²) >= 11 is 0. The van der Waals surface area contributed by atoms with Crippen molar-refractivity contribution in [2.45, 2.75) is 6.92 Å². The fourth-order valence-corrected chi connectivity index (χ4v) is 6.30. The highest BCUT2D eigenvalue weighted by atomic mass is 32.2. The Labute approximate surface area is 256 Å². The lowest BCUT2D eigenvalue weighted by atomic mass is 10.00. The van der Waals surface area contributed by atoms with Crippen LogP contribution in [0.15, 0.2) is 83.4 Å². The third-order valence-corrected chi connectivity index (χ3v) is 9.34. The molecule has 11 heteroatoms. The molecule has 0 saturated heterocycles. The molecule has 7 rings (SSSR count). The normalized spacial score (nSPS) is 12.0. The number of amides is 1. The average molecular weight is 625 g/mol. The Morgan fingerprint density at radius 3 is 2.47 bits per heavy atom. The predicted molar refractivity (Wildman–Crippen MR) is 172 cm³/mol. The van der Waals surface area contributed by atoms with Crippen molar-refractivity contribution in [3.05, 3.63) is 102 Å². The monoisotopic (exact) mass is 624 g/mol. The van der Waals surface area contributed by atoms with E-state index in [4.69, 9.17) is 9.40 Å². The molecule has 4 aromatic heterocycles. The first-order valence-corrected chi connectivity index (χ1v) is 15.8. The fourth-order valence-electron chi connectivity index (χ4n) is 5.79. The lowest BCUT2D eigenvalue weighted by Crippen LogP contribution is -2.25. The van der Waals surface area contributed by atoms with Crippen LogP contribution in [0.4, 0.5) is 14.5 Å². The summed E-state index contributed by atoms with van der Waals surface area (Å²) < 4.78 is 64.6. The Morgan fingerprint density at radius 1 is 0.933 bits per heavy atom. The lowest BCUT2D eigenvalue weighted by molar-refractivity contribution is 0.0964. The molecule has 3 aromatic carbocycles. The molecular weight excluding hydrogens is 598 g/mol. The summed E-state index contributed by atoms with van der Waals surface area (Å²) in [4.78, 5) is 18.2. The summed E-state index contributed by atoms with van der Waals surface area (Å²) in [6.07, 6.45) is 2.92. The highest BCUT2D eigenvalue weighted by Gasteiger charge is 2.27. The van der Waals surface area contributed by atoms with Gasteiger partial charge in [-0.25, -0.2) is 22.2 Å². The van der Waals surface area contributed by atoms with Crippen molar-refractivity contribution in [2.24, 2.45) is 0 Å². The van der Waals surface area contributed by atoms with Gasteiger partial charge in [-0.15, -0.1) is 0 Å². The molecule has 45 heavy (non-hydrogen) atoms. The van der Waals surface area contributed by atoms with Crippen LogP contribution < -0.4 is 9.62 Å². The van der Waals surface area contributed by atoms with Crippen molar-refractivity contribution in [3.63, 3.8) is 0 Å². The van der Waals surface area contributed by atoms with Gasteiger partial charge >= 0.3 is 0 Å². The second-order valence-electron chi connectivity index (χ2n) is 11.0. The van der Waals surface area contributed by atoms with Gasteiger partial charge in [-0.05, 0) is 61.0 Å². The van der Waals surface area contributed by atoms with Crippen LogP contribution in [0.3, 0.4) is 0 Å². The molecule has 1 amide bonds. The largest absolute Gasteiger partial charge is 0.455 e. The second kappa shape index (κ2) is 10.1. The minimum atomic E-state index is -3.76. The van der Waals surface area contributed by atoms with Gasteiger partial charge in [-0.1, -0.05) is 18.2 Å². The number of sulfonamides is 1. The van der Waals surface area contributed by atoms with Gasteiger partial charge in [0.05, 0.1) is 45.3 Å². The molecule has 0 fully saturated rings. The third kappa shape index (κ3) is 4.50. The molecule has 0 saturated carbocycles. The molecule has 0 radical (unpaired) electrons. The smallest absolute Gasteiger partial charge is 0.255 e. The van der Waals surface area contributed by atoms with Crippen LogP contribution in [0.25, 0.3) is 60.9 Å². The van der Waals surface area contributed by atoms with E-state index in [-0.39, 0.29) is 34.0 Å². The van der Waals surface area contributed by atoms with Gasteiger partial charge < -0.3 is 14.1 Å². The van der Waals surface area contributed by atoms with Crippen molar-refractivity contribution in [2.75, 3.05) is 24.7 Å². The molecule has 8 nitrogen and oxygen atoms in total. The summed E-state index contributed by atoms with van der Waals surface area (Å²) in [5.41, 5.74) is 4.03. The SMILES string of the molecule is CNC(=O)c1c(-c2ccc(C)cc2F)oc2cc(N(C)S(C)(=O)=O)c(-c3ccc4ccn5c6cccc(F)c6cc5c4n3)cc12. The van der Waals surface area contributed by atoms with Gasteiger partial charge in [0.25, 0.3) is 5.91 Å². The maximum absolute atomic E-state index is 15.2. The standard InChI is InChI=1S/C34H26F2N4O4S/c1-18-8-10-20(25(36)14-18)33-31(34(41)37-2)23-15-22(28(17-30(23)44-33)39(3)45(4,42)43)26-11-9-19-12-13-40-27-7-5-6-24(35)21(27)16-29(40)32(19)38-26/h5-17H,1-4H3,(H,37,41). The molecule has 7 aromatic rings. The fraction of sp³-hybridized carbons (Fsp3) is 0.118.